The predicted octanol–water partition coefficient (Wildman–Crippen LogP) is 0.0819. The molecule has 2 N–H and O–H groups in total. The molecule has 0 aliphatic rings. The van der Waals surface area contributed by atoms with E-state index in [0.717, 1.165) is 0 Å². The van der Waals surface area contributed by atoms with E-state index in [0.29, 0.717) is 0 Å². The summed E-state index contributed by atoms with van der Waals surface area (Å²) in [6, 6.07) is 0. The van der Waals surface area contributed by atoms with Crippen LogP contribution in [0.25, 0.3) is 0 Å². The van der Waals surface area contributed by atoms with Gasteiger partial charge in [-0.1, -0.05) is 0 Å². The van der Waals surface area contributed by atoms with Crippen molar-refractivity contribution in [2.75, 3.05) is 0 Å². The summed E-state index contributed by atoms with van der Waals surface area (Å²) in [6.07, 6.45) is 0. The topological polar surface area (TPSA) is 49.7 Å². The van der Waals surface area contributed by atoms with E-state index in [1.807, 2.05) is 0 Å². The van der Waals surface area contributed by atoms with Crippen molar-refractivity contribution in [1.29, 1.82) is 0 Å². The molecular weight excluding hydrogens is 265 g/mol. The van der Waals surface area contributed by atoms with Gasteiger partial charge < -0.3 is 14.7 Å². The van der Waals surface area contributed by atoms with Gasteiger partial charge in [0.2, 0.25) is 29.1 Å². The summed E-state index contributed by atoms with van der Waals surface area (Å²) in [4.78, 5) is 0. The Balaban J connectivity index is 0.00000225. The molecule has 0 fully saturated rings. The zero-order valence-electron chi connectivity index (χ0n) is 6.77. The fraction of sp³-hybridized carbons (Fsp3) is 0. The number of benzene rings is 1. The Morgan fingerprint density at radius 3 is 1.38 bits per heavy atom. The average molecular weight is 268 g/mol. The fourth-order valence-electron chi connectivity index (χ4n) is 0.794. The Hall–Kier alpha value is 0.291. The van der Waals surface area contributed by atoms with Gasteiger partial charge in [-0.25, -0.2) is 13.2 Å². The van der Waals surface area contributed by atoms with Crippen LogP contribution in [0.1, 0.15) is 0 Å². The Labute approximate surface area is 129 Å². The normalized spacial score (nSPS) is 9.69. The molecule has 16 heavy (non-hydrogen) atoms. The van der Waals surface area contributed by atoms with Gasteiger partial charge in [-0.15, -0.1) is 0 Å². The summed E-state index contributed by atoms with van der Waals surface area (Å²) in [5.41, 5.74) is 0. The summed E-state index contributed by atoms with van der Waals surface area (Å²) in [6.45, 7) is 0. The van der Waals surface area contributed by atoms with E-state index in [-0.39, 0.29) is 51.4 Å². The molecule has 84 valence electrons. The van der Waals surface area contributed by atoms with Gasteiger partial charge in [0.15, 0.2) is 5.75 Å². The first kappa shape index (κ1) is 16.3. The molecule has 0 spiro atoms. The average Bonchev–Trinajstić information content (AvgIpc) is 2.18. The monoisotopic (exact) mass is 268 g/mol. The molecule has 3 nitrogen and oxygen atoms in total. The van der Waals surface area contributed by atoms with Crippen molar-refractivity contribution in [3.63, 3.8) is 0 Å². The SMILES string of the molecule is OB(O)Oc1c(F)c(F)c(F)c(F)c1F.[KH]. The molecule has 0 saturated carbocycles. The number of hydrogen-bond donors (Lipinski definition) is 2. The summed E-state index contributed by atoms with van der Waals surface area (Å²) in [5.74, 6) is -13.1. The van der Waals surface area contributed by atoms with Crippen molar-refractivity contribution in [2.45, 2.75) is 0 Å². The first-order valence-corrected chi connectivity index (χ1v) is 3.40. The molecule has 0 unspecified atom stereocenters. The zero-order valence-corrected chi connectivity index (χ0v) is 6.77. The minimum atomic E-state index is -2.70. The first-order valence-electron chi connectivity index (χ1n) is 3.40. The summed E-state index contributed by atoms with van der Waals surface area (Å²) in [7, 11) is -2.70. The van der Waals surface area contributed by atoms with Crippen molar-refractivity contribution in [3.8, 4) is 5.75 Å². The van der Waals surface area contributed by atoms with Crippen molar-refractivity contribution in [2.24, 2.45) is 0 Å². The van der Waals surface area contributed by atoms with Gasteiger partial charge in [0, 0.05) is 0 Å². The van der Waals surface area contributed by atoms with Crippen LogP contribution in [-0.4, -0.2) is 68.8 Å². The van der Waals surface area contributed by atoms with Crippen LogP contribution in [0.15, 0.2) is 0 Å². The van der Waals surface area contributed by atoms with Crippen LogP contribution in [0.5, 0.6) is 5.75 Å². The molecule has 0 amide bonds. The van der Waals surface area contributed by atoms with Crippen LogP contribution >= 0.6 is 0 Å². The molecular formula is C6H3BF5KO3. The molecule has 0 atom stereocenters. The second-order valence-corrected chi connectivity index (χ2v) is 2.34. The van der Waals surface area contributed by atoms with Crippen LogP contribution in [-0.2, 0) is 0 Å². The predicted molar refractivity (Wildman–Crippen MR) is 44.2 cm³/mol. The Bertz CT molecular complexity index is 373. The molecule has 0 radical (unpaired) electrons. The number of halogens is 5. The van der Waals surface area contributed by atoms with E-state index < -0.39 is 42.2 Å². The number of rotatable bonds is 2. The number of hydrogen-bond acceptors (Lipinski definition) is 3. The van der Waals surface area contributed by atoms with Gasteiger partial charge in [0.05, 0.1) is 0 Å². The Kier molecular flexibility index (Phi) is 6.40. The van der Waals surface area contributed by atoms with Crippen molar-refractivity contribution in [1.82, 2.24) is 0 Å². The van der Waals surface area contributed by atoms with Gasteiger partial charge in [0.1, 0.15) is 0 Å². The zero-order chi connectivity index (χ0) is 11.7. The molecule has 0 saturated heterocycles. The molecule has 0 bridgehead atoms. The Morgan fingerprint density at radius 2 is 1.06 bits per heavy atom. The second-order valence-electron chi connectivity index (χ2n) is 2.34. The molecule has 10 heteroatoms. The third-order valence-corrected chi connectivity index (χ3v) is 1.39. The van der Waals surface area contributed by atoms with E-state index >= 15 is 0 Å². The van der Waals surface area contributed by atoms with E-state index in [1.54, 1.807) is 0 Å². The van der Waals surface area contributed by atoms with Gasteiger partial charge in [-0.3, -0.25) is 0 Å². The summed E-state index contributed by atoms with van der Waals surface area (Å²) < 4.78 is 66.3. The van der Waals surface area contributed by atoms with Crippen LogP contribution in [0.4, 0.5) is 22.0 Å². The molecule has 1 rings (SSSR count). The van der Waals surface area contributed by atoms with Crippen molar-refractivity contribution < 1.29 is 36.7 Å². The molecule has 0 aliphatic heterocycles. The quantitative estimate of drug-likeness (QED) is 0.346. The van der Waals surface area contributed by atoms with Gasteiger partial charge >= 0.3 is 58.7 Å². The van der Waals surface area contributed by atoms with Crippen LogP contribution in [0, 0.1) is 29.1 Å². The van der Waals surface area contributed by atoms with Crippen molar-refractivity contribution >= 4 is 58.7 Å². The van der Waals surface area contributed by atoms with Gasteiger partial charge in [-0.05, 0) is 0 Å². The first-order chi connectivity index (χ1) is 6.86. The molecule has 1 aromatic carbocycles. The van der Waals surface area contributed by atoms with Crippen LogP contribution < -0.4 is 4.65 Å². The molecule has 0 aliphatic carbocycles. The van der Waals surface area contributed by atoms with E-state index in [1.165, 1.54) is 0 Å². The Morgan fingerprint density at radius 1 is 0.750 bits per heavy atom. The third kappa shape index (κ3) is 3.15. The van der Waals surface area contributed by atoms with E-state index in [2.05, 4.69) is 4.65 Å². The molecule has 0 heterocycles. The van der Waals surface area contributed by atoms with Crippen LogP contribution in [0.3, 0.4) is 0 Å². The van der Waals surface area contributed by atoms with Crippen LogP contribution in [0.2, 0.25) is 0 Å². The van der Waals surface area contributed by atoms with Gasteiger partial charge in [0.25, 0.3) is 0 Å². The van der Waals surface area contributed by atoms with Gasteiger partial charge in [-0.2, -0.15) is 8.78 Å². The minimum absolute atomic E-state index is 0. The maximum absolute atomic E-state index is 12.7. The maximum atomic E-state index is 12.7. The molecule has 1 aromatic rings. The van der Waals surface area contributed by atoms with E-state index in [9.17, 15) is 22.0 Å². The molecule has 0 aromatic heterocycles. The summed E-state index contributed by atoms with van der Waals surface area (Å²) >= 11 is 0. The third-order valence-electron chi connectivity index (χ3n) is 1.39. The second kappa shape index (κ2) is 6.29. The van der Waals surface area contributed by atoms with Crippen molar-refractivity contribution in [3.05, 3.63) is 29.1 Å². The van der Waals surface area contributed by atoms with E-state index in [4.69, 9.17) is 10.0 Å². The standard InChI is InChI=1S/C6H2BF5O3.K.H/c8-1-2(9)4(11)6(15-7(13)14)5(12)3(1)10;;/h13-14H;;. The summed E-state index contributed by atoms with van der Waals surface area (Å²) in [5, 5.41) is 16.3. The fourth-order valence-corrected chi connectivity index (χ4v) is 0.794.